The minimum Gasteiger partial charge on any atom is -0.311 e. The van der Waals surface area contributed by atoms with E-state index in [4.69, 9.17) is 0 Å². The minimum atomic E-state index is 0.987. The summed E-state index contributed by atoms with van der Waals surface area (Å²) in [5.41, 5.74) is 4.24. The fourth-order valence-electron chi connectivity index (χ4n) is 2.54. The Labute approximate surface area is 117 Å². The molecule has 0 unspecified atom stereocenters. The van der Waals surface area contributed by atoms with E-state index in [9.17, 15) is 0 Å². The predicted octanol–water partition coefficient (Wildman–Crippen LogP) is 1.64. The van der Waals surface area contributed by atoms with Crippen LogP contribution in [0, 0.1) is 13.8 Å². The molecule has 0 bridgehead atoms. The van der Waals surface area contributed by atoms with Crippen molar-refractivity contribution in [2.75, 3.05) is 46.3 Å². The van der Waals surface area contributed by atoms with Gasteiger partial charge in [-0.25, -0.2) is 0 Å². The van der Waals surface area contributed by atoms with Crippen LogP contribution >= 0.6 is 0 Å². The molecule has 1 aromatic carbocycles. The van der Waals surface area contributed by atoms with E-state index >= 15 is 0 Å². The summed E-state index contributed by atoms with van der Waals surface area (Å²) in [6.07, 6.45) is 0. The quantitative estimate of drug-likeness (QED) is 0.813. The molecule has 0 radical (unpaired) electrons. The first-order valence-electron chi connectivity index (χ1n) is 7.33. The van der Waals surface area contributed by atoms with Crippen molar-refractivity contribution < 1.29 is 0 Å². The molecule has 106 valence electrons. The molecule has 0 spiro atoms. The Morgan fingerprint density at radius 2 is 1.84 bits per heavy atom. The van der Waals surface area contributed by atoms with Crippen molar-refractivity contribution in [3.05, 3.63) is 34.9 Å². The first-order chi connectivity index (χ1) is 9.16. The summed E-state index contributed by atoms with van der Waals surface area (Å²) in [4.78, 5) is 4.95. The number of benzene rings is 1. The van der Waals surface area contributed by atoms with Crippen LogP contribution in [-0.4, -0.2) is 56.1 Å². The predicted molar refractivity (Wildman–Crippen MR) is 81.6 cm³/mol. The van der Waals surface area contributed by atoms with E-state index in [2.05, 4.69) is 54.2 Å². The van der Waals surface area contributed by atoms with Crippen LogP contribution in [0.2, 0.25) is 0 Å². The Bertz CT molecular complexity index is 395. The van der Waals surface area contributed by atoms with Crippen LogP contribution in [0.3, 0.4) is 0 Å². The van der Waals surface area contributed by atoms with Crippen molar-refractivity contribution in [3.8, 4) is 0 Å². The maximum absolute atomic E-state index is 3.57. The maximum Gasteiger partial charge on any atom is 0.0208 e. The second kappa shape index (κ2) is 7.04. The average molecular weight is 261 g/mol. The molecule has 0 aliphatic carbocycles. The van der Waals surface area contributed by atoms with Crippen LogP contribution < -0.4 is 5.32 Å². The topological polar surface area (TPSA) is 18.5 Å². The van der Waals surface area contributed by atoms with Crippen molar-refractivity contribution in [1.82, 2.24) is 15.1 Å². The molecular formula is C16H27N3. The SMILES string of the molecule is Cc1cccc(CNCCN2CCN(C)CC2)c1C. The molecule has 0 aromatic heterocycles. The maximum atomic E-state index is 3.57. The number of hydrogen-bond donors (Lipinski definition) is 1. The number of nitrogens with zero attached hydrogens (tertiary/aromatic N) is 2. The van der Waals surface area contributed by atoms with Gasteiger partial charge in [0.05, 0.1) is 0 Å². The summed E-state index contributed by atoms with van der Waals surface area (Å²) in [5.74, 6) is 0. The molecule has 1 N–H and O–H groups in total. The molecule has 3 nitrogen and oxygen atoms in total. The Morgan fingerprint density at radius 1 is 1.11 bits per heavy atom. The van der Waals surface area contributed by atoms with E-state index in [0.29, 0.717) is 0 Å². The van der Waals surface area contributed by atoms with Crippen molar-refractivity contribution in [2.45, 2.75) is 20.4 Å². The number of hydrogen-bond acceptors (Lipinski definition) is 3. The van der Waals surface area contributed by atoms with Crippen LogP contribution in [0.4, 0.5) is 0 Å². The van der Waals surface area contributed by atoms with E-state index in [-0.39, 0.29) is 0 Å². The molecule has 1 saturated heterocycles. The highest BCUT2D eigenvalue weighted by molar-refractivity contribution is 5.32. The van der Waals surface area contributed by atoms with Crippen LogP contribution in [0.5, 0.6) is 0 Å². The first kappa shape index (κ1) is 14.5. The van der Waals surface area contributed by atoms with Crippen molar-refractivity contribution in [2.24, 2.45) is 0 Å². The molecule has 1 heterocycles. The molecule has 19 heavy (non-hydrogen) atoms. The fraction of sp³-hybridized carbons (Fsp3) is 0.625. The lowest BCUT2D eigenvalue weighted by Gasteiger charge is -2.32. The Kier molecular flexibility index (Phi) is 5.37. The van der Waals surface area contributed by atoms with E-state index in [1.54, 1.807) is 0 Å². The molecule has 2 rings (SSSR count). The van der Waals surface area contributed by atoms with E-state index in [0.717, 1.165) is 13.1 Å². The van der Waals surface area contributed by atoms with E-state index in [1.165, 1.54) is 49.4 Å². The monoisotopic (exact) mass is 261 g/mol. The number of rotatable bonds is 5. The van der Waals surface area contributed by atoms with Crippen LogP contribution in [0.15, 0.2) is 18.2 Å². The fourth-order valence-corrected chi connectivity index (χ4v) is 2.54. The van der Waals surface area contributed by atoms with E-state index < -0.39 is 0 Å². The van der Waals surface area contributed by atoms with Crippen molar-refractivity contribution in [1.29, 1.82) is 0 Å². The summed E-state index contributed by atoms with van der Waals surface area (Å²) in [6, 6.07) is 6.56. The average Bonchev–Trinajstić information content (AvgIpc) is 2.41. The Morgan fingerprint density at radius 3 is 2.58 bits per heavy atom. The summed E-state index contributed by atoms with van der Waals surface area (Å²) in [6.45, 7) is 12.5. The Balaban J connectivity index is 1.68. The second-order valence-corrected chi connectivity index (χ2v) is 5.68. The van der Waals surface area contributed by atoms with Gasteiger partial charge >= 0.3 is 0 Å². The van der Waals surface area contributed by atoms with Gasteiger partial charge in [-0.05, 0) is 37.6 Å². The normalized spacial score (nSPS) is 17.8. The number of nitrogens with one attached hydrogen (secondary N) is 1. The third-order valence-electron chi connectivity index (χ3n) is 4.23. The molecule has 1 aliphatic heterocycles. The van der Waals surface area contributed by atoms with Gasteiger partial charge in [0.1, 0.15) is 0 Å². The van der Waals surface area contributed by atoms with Gasteiger partial charge < -0.3 is 10.2 Å². The van der Waals surface area contributed by atoms with Crippen LogP contribution in [-0.2, 0) is 6.54 Å². The third-order valence-corrected chi connectivity index (χ3v) is 4.23. The summed E-state index contributed by atoms with van der Waals surface area (Å²) >= 11 is 0. The van der Waals surface area contributed by atoms with Crippen molar-refractivity contribution in [3.63, 3.8) is 0 Å². The summed E-state index contributed by atoms with van der Waals surface area (Å²) in [5, 5.41) is 3.57. The highest BCUT2D eigenvalue weighted by Gasteiger charge is 2.12. The van der Waals surface area contributed by atoms with E-state index in [1.807, 2.05) is 0 Å². The molecule has 0 amide bonds. The van der Waals surface area contributed by atoms with Gasteiger partial charge in [-0.1, -0.05) is 18.2 Å². The van der Waals surface area contributed by atoms with Gasteiger partial charge in [0.15, 0.2) is 0 Å². The smallest absolute Gasteiger partial charge is 0.0208 e. The number of aryl methyl sites for hydroxylation is 1. The molecule has 0 saturated carbocycles. The van der Waals surface area contributed by atoms with Gasteiger partial charge in [0, 0.05) is 45.8 Å². The molecular weight excluding hydrogens is 234 g/mol. The van der Waals surface area contributed by atoms with Gasteiger partial charge in [-0.3, -0.25) is 4.90 Å². The van der Waals surface area contributed by atoms with Crippen LogP contribution in [0.25, 0.3) is 0 Å². The molecule has 1 fully saturated rings. The molecule has 1 aliphatic rings. The zero-order chi connectivity index (χ0) is 13.7. The van der Waals surface area contributed by atoms with Crippen molar-refractivity contribution >= 4 is 0 Å². The zero-order valence-electron chi connectivity index (χ0n) is 12.6. The lowest BCUT2D eigenvalue weighted by molar-refractivity contribution is 0.154. The second-order valence-electron chi connectivity index (χ2n) is 5.68. The largest absolute Gasteiger partial charge is 0.311 e. The van der Waals surface area contributed by atoms with Gasteiger partial charge in [0.25, 0.3) is 0 Å². The molecule has 1 aromatic rings. The third kappa shape index (κ3) is 4.30. The minimum absolute atomic E-state index is 0.987. The first-order valence-corrected chi connectivity index (χ1v) is 7.33. The Hall–Kier alpha value is -0.900. The lowest BCUT2D eigenvalue weighted by atomic mass is 10.0. The van der Waals surface area contributed by atoms with Gasteiger partial charge in [-0.2, -0.15) is 0 Å². The lowest BCUT2D eigenvalue weighted by Crippen LogP contribution is -2.46. The van der Waals surface area contributed by atoms with Crippen LogP contribution in [0.1, 0.15) is 16.7 Å². The van der Waals surface area contributed by atoms with Gasteiger partial charge in [-0.15, -0.1) is 0 Å². The van der Waals surface area contributed by atoms with Gasteiger partial charge in [0.2, 0.25) is 0 Å². The molecule has 3 heteroatoms. The zero-order valence-corrected chi connectivity index (χ0v) is 12.6. The molecule has 0 atom stereocenters. The number of likely N-dealkylation sites (N-methyl/N-ethyl adjacent to an activating group) is 1. The summed E-state index contributed by atoms with van der Waals surface area (Å²) in [7, 11) is 2.20. The number of piperazine rings is 1. The summed E-state index contributed by atoms with van der Waals surface area (Å²) < 4.78 is 0. The highest BCUT2D eigenvalue weighted by atomic mass is 15.2. The standard InChI is InChI=1S/C16H27N3/c1-14-5-4-6-16(15(14)2)13-17-7-8-19-11-9-18(3)10-12-19/h4-6,17H,7-13H2,1-3H3. The highest BCUT2D eigenvalue weighted by Crippen LogP contribution is 2.12.